The van der Waals surface area contributed by atoms with Gasteiger partial charge < -0.3 is 4.42 Å². The highest BCUT2D eigenvalue weighted by molar-refractivity contribution is 9.10. The maximum absolute atomic E-state index is 12.1. The number of hydrogen-bond acceptors (Lipinski definition) is 3. The standard InChI is InChI=1S/C14H8BrNO2/c15-12-5-3-10(4-6-12)14(17)11(9-16)8-13-2-1-7-18-13/h1-8H. The molecule has 0 radical (unpaired) electrons. The summed E-state index contributed by atoms with van der Waals surface area (Å²) in [5, 5.41) is 9.02. The lowest BCUT2D eigenvalue weighted by Crippen LogP contribution is -2.01. The number of carbonyl (C=O) groups excluding carboxylic acids is 1. The summed E-state index contributed by atoms with van der Waals surface area (Å²) in [7, 11) is 0. The molecule has 0 atom stereocenters. The van der Waals surface area contributed by atoms with Crippen molar-refractivity contribution in [3.05, 3.63) is 64.0 Å². The number of carbonyl (C=O) groups is 1. The molecule has 1 aromatic heterocycles. The van der Waals surface area contributed by atoms with Crippen LogP contribution < -0.4 is 0 Å². The van der Waals surface area contributed by atoms with Gasteiger partial charge >= 0.3 is 0 Å². The van der Waals surface area contributed by atoms with Crippen LogP contribution in [0.3, 0.4) is 0 Å². The average Bonchev–Trinajstić information content (AvgIpc) is 2.89. The van der Waals surface area contributed by atoms with Gasteiger partial charge in [-0.1, -0.05) is 15.9 Å². The number of halogens is 1. The van der Waals surface area contributed by atoms with Gasteiger partial charge in [0.1, 0.15) is 17.4 Å². The Kier molecular flexibility index (Phi) is 3.75. The van der Waals surface area contributed by atoms with E-state index in [0.29, 0.717) is 11.3 Å². The third kappa shape index (κ3) is 2.76. The lowest BCUT2D eigenvalue weighted by Gasteiger charge is -1.99. The SMILES string of the molecule is N#CC(=Cc1ccco1)C(=O)c1ccc(Br)cc1. The molecule has 0 saturated heterocycles. The number of hydrogen-bond donors (Lipinski definition) is 0. The zero-order valence-corrected chi connectivity index (χ0v) is 10.8. The van der Waals surface area contributed by atoms with E-state index in [4.69, 9.17) is 9.68 Å². The Balaban J connectivity index is 2.32. The van der Waals surface area contributed by atoms with Crippen LogP contribution in [-0.2, 0) is 0 Å². The summed E-state index contributed by atoms with van der Waals surface area (Å²) >= 11 is 3.29. The third-order valence-corrected chi connectivity index (χ3v) is 2.83. The molecule has 0 amide bonds. The summed E-state index contributed by atoms with van der Waals surface area (Å²) in [6.07, 6.45) is 2.93. The Morgan fingerprint density at radius 3 is 2.56 bits per heavy atom. The maximum Gasteiger partial charge on any atom is 0.203 e. The van der Waals surface area contributed by atoms with Crippen molar-refractivity contribution < 1.29 is 9.21 Å². The number of allylic oxidation sites excluding steroid dienone is 1. The van der Waals surface area contributed by atoms with Crippen molar-refractivity contribution >= 4 is 27.8 Å². The molecular weight excluding hydrogens is 294 g/mol. The van der Waals surface area contributed by atoms with E-state index < -0.39 is 0 Å². The molecule has 0 bridgehead atoms. The van der Waals surface area contributed by atoms with Gasteiger partial charge in [0.15, 0.2) is 0 Å². The molecule has 4 heteroatoms. The Labute approximate surface area is 112 Å². The highest BCUT2D eigenvalue weighted by atomic mass is 79.9. The average molecular weight is 302 g/mol. The minimum atomic E-state index is -0.318. The fourth-order valence-corrected chi connectivity index (χ4v) is 1.69. The van der Waals surface area contributed by atoms with Crippen LogP contribution in [0.2, 0.25) is 0 Å². The summed E-state index contributed by atoms with van der Waals surface area (Å²) in [5.41, 5.74) is 0.518. The molecule has 0 aliphatic heterocycles. The third-order valence-electron chi connectivity index (χ3n) is 2.30. The van der Waals surface area contributed by atoms with Crippen molar-refractivity contribution in [1.29, 1.82) is 5.26 Å². The van der Waals surface area contributed by atoms with E-state index in [1.807, 2.05) is 6.07 Å². The van der Waals surface area contributed by atoms with Gasteiger partial charge in [-0.05, 0) is 36.4 Å². The molecule has 0 spiro atoms. The van der Waals surface area contributed by atoms with Crippen LogP contribution in [-0.4, -0.2) is 5.78 Å². The number of nitrogens with zero attached hydrogens (tertiary/aromatic N) is 1. The highest BCUT2D eigenvalue weighted by Gasteiger charge is 2.12. The molecule has 1 heterocycles. The monoisotopic (exact) mass is 301 g/mol. The van der Waals surface area contributed by atoms with E-state index in [1.54, 1.807) is 36.4 Å². The fourth-order valence-electron chi connectivity index (χ4n) is 1.42. The molecule has 0 fully saturated rings. The van der Waals surface area contributed by atoms with Gasteiger partial charge in [-0.25, -0.2) is 0 Å². The number of benzene rings is 1. The van der Waals surface area contributed by atoms with Crippen molar-refractivity contribution in [1.82, 2.24) is 0 Å². The van der Waals surface area contributed by atoms with Crippen molar-refractivity contribution in [2.24, 2.45) is 0 Å². The Morgan fingerprint density at radius 1 is 1.28 bits per heavy atom. The summed E-state index contributed by atoms with van der Waals surface area (Å²) in [6.45, 7) is 0. The van der Waals surface area contributed by atoms with Gasteiger partial charge in [-0.2, -0.15) is 5.26 Å². The molecule has 18 heavy (non-hydrogen) atoms. The summed E-state index contributed by atoms with van der Waals surface area (Å²) < 4.78 is 5.97. The lowest BCUT2D eigenvalue weighted by molar-refractivity contribution is 0.104. The van der Waals surface area contributed by atoms with Gasteiger partial charge in [0, 0.05) is 16.1 Å². The van der Waals surface area contributed by atoms with Crippen LogP contribution in [0.25, 0.3) is 6.08 Å². The number of rotatable bonds is 3. The topological polar surface area (TPSA) is 54.0 Å². The second kappa shape index (κ2) is 5.48. The van der Waals surface area contributed by atoms with Gasteiger partial charge in [-0.15, -0.1) is 0 Å². The van der Waals surface area contributed by atoms with E-state index in [0.717, 1.165) is 4.47 Å². The Hall–Kier alpha value is -2.12. The fraction of sp³-hybridized carbons (Fsp3) is 0. The van der Waals surface area contributed by atoms with Gasteiger partial charge in [0.25, 0.3) is 0 Å². The summed E-state index contributed by atoms with van der Waals surface area (Å²) in [4.78, 5) is 12.1. The maximum atomic E-state index is 12.1. The quantitative estimate of drug-likeness (QED) is 0.492. The molecule has 0 N–H and O–H groups in total. The van der Waals surface area contributed by atoms with Crippen LogP contribution in [0.1, 0.15) is 16.1 Å². The van der Waals surface area contributed by atoms with Gasteiger partial charge in [-0.3, -0.25) is 4.79 Å². The van der Waals surface area contributed by atoms with Crippen LogP contribution >= 0.6 is 15.9 Å². The van der Waals surface area contributed by atoms with E-state index in [-0.39, 0.29) is 11.4 Å². The van der Waals surface area contributed by atoms with Gasteiger partial charge in [0.2, 0.25) is 5.78 Å². The van der Waals surface area contributed by atoms with Crippen molar-refractivity contribution in [2.45, 2.75) is 0 Å². The predicted molar refractivity (Wildman–Crippen MR) is 70.8 cm³/mol. The Bertz CT molecular complexity index is 619. The number of furan rings is 1. The highest BCUT2D eigenvalue weighted by Crippen LogP contribution is 2.15. The molecule has 2 aromatic rings. The zero-order valence-electron chi connectivity index (χ0n) is 9.26. The largest absolute Gasteiger partial charge is 0.465 e. The minimum Gasteiger partial charge on any atom is -0.465 e. The second-order valence-electron chi connectivity index (χ2n) is 3.52. The molecule has 0 aliphatic carbocycles. The first-order valence-electron chi connectivity index (χ1n) is 5.16. The molecule has 88 valence electrons. The first-order chi connectivity index (χ1) is 8.70. The molecule has 0 unspecified atom stereocenters. The van der Waals surface area contributed by atoms with Crippen LogP contribution in [0.5, 0.6) is 0 Å². The molecule has 0 saturated carbocycles. The number of ketones is 1. The number of nitriles is 1. The minimum absolute atomic E-state index is 0.0484. The van der Waals surface area contributed by atoms with E-state index in [9.17, 15) is 4.79 Å². The summed E-state index contributed by atoms with van der Waals surface area (Å²) in [6, 6.07) is 12.1. The Morgan fingerprint density at radius 2 is 2.00 bits per heavy atom. The van der Waals surface area contributed by atoms with E-state index in [2.05, 4.69) is 15.9 Å². The molecular formula is C14H8BrNO2. The molecule has 2 rings (SSSR count). The summed E-state index contributed by atoms with van der Waals surface area (Å²) in [5.74, 6) is 0.165. The van der Waals surface area contributed by atoms with Crippen molar-refractivity contribution in [3.63, 3.8) is 0 Å². The molecule has 1 aromatic carbocycles. The van der Waals surface area contributed by atoms with E-state index in [1.165, 1.54) is 12.3 Å². The zero-order chi connectivity index (χ0) is 13.0. The first-order valence-corrected chi connectivity index (χ1v) is 5.95. The molecule has 0 aliphatic rings. The van der Waals surface area contributed by atoms with Crippen molar-refractivity contribution in [2.75, 3.05) is 0 Å². The van der Waals surface area contributed by atoms with E-state index >= 15 is 0 Å². The number of Topliss-reactive ketones (excluding diaryl/α,β-unsaturated/α-hetero) is 1. The van der Waals surface area contributed by atoms with Crippen LogP contribution in [0.4, 0.5) is 0 Å². The molecule has 3 nitrogen and oxygen atoms in total. The lowest BCUT2D eigenvalue weighted by atomic mass is 10.0. The van der Waals surface area contributed by atoms with Gasteiger partial charge in [0.05, 0.1) is 6.26 Å². The van der Waals surface area contributed by atoms with Crippen LogP contribution in [0.15, 0.2) is 57.1 Å². The van der Waals surface area contributed by atoms with Crippen molar-refractivity contribution in [3.8, 4) is 6.07 Å². The normalized spacial score (nSPS) is 11.0. The second-order valence-corrected chi connectivity index (χ2v) is 4.44. The van der Waals surface area contributed by atoms with Crippen LogP contribution in [0, 0.1) is 11.3 Å². The predicted octanol–water partition coefficient (Wildman–Crippen LogP) is 3.83. The smallest absolute Gasteiger partial charge is 0.203 e. The first kappa shape index (κ1) is 12.3.